The van der Waals surface area contributed by atoms with Crippen LogP contribution in [-0.2, 0) is 19.6 Å². The average Bonchev–Trinajstić information content (AvgIpc) is 3.36. The lowest BCUT2D eigenvalue weighted by Crippen LogP contribution is -2.32. The van der Waals surface area contributed by atoms with Crippen LogP contribution >= 0.6 is 0 Å². The number of esters is 1. The van der Waals surface area contributed by atoms with E-state index in [1.54, 1.807) is 6.92 Å². The van der Waals surface area contributed by atoms with Crippen molar-refractivity contribution < 1.29 is 22.7 Å². The monoisotopic (exact) mass is 354 g/mol. The van der Waals surface area contributed by atoms with Crippen LogP contribution in [0.1, 0.15) is 43.5 Å². The van der Waals surface area contributed by atoms with Gasteiger partial charge in [0.15, 0.2) is 6.61 Å². The fourth-order valence-electron chi connectivity index (χ4n) is 1.90. The Labute approximate surface area is 141 Å². The highest BCUT2D eigenvalue weighted by molar-refractivity contribution is 7.89. The number of hydrogen-bond donors (Lipinski definition) is 2. The van der Waals surface area contributed by atoms with Crippen LogP contribution in [0.25, 0.3) is 0 Å². The molecule has 1 aromatic carbocycles. The summed E-state index contributed by atoms with van der Waals surface area (Å²) in [7, 11) is -3.61. The van der Waals surface area contributed by atoms with Crippen LogP contribution in [0.3, 0.4) is 0 Å². The van der Waals surface area contributed by atoms with Crippen LogP contribution in [-0.4, -0.2) is 39.0 Å². The fraction of sp³-hybridized carbons (Fsp3) is 0.500. The molecular formula is C16H22N2O5S. The Morgan fingerprint density at radius 3 is 2.42 bits per heavy atom. The van der Waals surface area contributed by atoms with Gasteiger partial charge >= 0.3 is 5.97 Å². The lowest BCUT2D eigenvalue weighted by molar-refractivity contribution is -0.124. The normalized spacial score (nSPS) is 15.6. The summed E-state index contributed by atoms with van der Waals surface area (Å²) in [5.41, 5.74) is 0.191. The Kier molecular flexibility index (Phi) is 5.95. The molecule has 8 heteroatoms. The largest absolute Gasteiger partial charge is 0.452 e. The minimum atomic E-state index is -3.61. The zero-order valence-electron chi connectivity index (χ0n) is 13.7. The first-order chi connectivity index (χ1) is 11.3. The van der Waals surface area contributed by atoms with Gasteiger partial charge in [-0.15, -0.1) is 0 Å². The first kappa shape index (κ1) is 18.4. The molecule has 0 saturated heterocycles. The molecular weight excluding hydrogens is 332 g/mol. The molecule has 0 radical (unpaired) electrons. The fourth-order valence-corrected chi connectivity index (χ4v) is 3.22. The summed E-state index contributed by atoms with van der Waals surface area (Å²) < 4.78 is 31.7. The van der Waals surface area contributed by atoms with E-state index < -0.39 is 16.0 Å². The number of carbonyl (C=O) groups is 2. The SMILES string of the molecule is CC[C@@H](C)NS(=O)(=O)c1ccc(C(=O)OCC(=O)NC2CC2)cc1. The van der Waals surface area contributed by atoms with Crippen LogP contribution in [0.4, 0.5) is 0 Å². The molecule has 2 N–H and O–H groups in total. The van der Waals surface area contributed by atoms with Gasteiger partial charge in [0.05, 0.1) is 10.5 Å². The molecule has 1 amide bonds. The van der Waals surface area contributed by atoms with E-state index >= 15 is 0 Å². The van der Waals surface area contributed by atoms with Gasteiger partial charge in [0.2, 0.25) is 10.0 Å². The van der Waals surface area contributed by atoms with E-state index in [4.69, 9.17) is 4.74 Å². The average molecular weight is 354 g/mol. The molecule has 1 atom stereocenters. The molecule has 0 aromatic heterocycles. The molecule has 24 heavy (non-hydrogen) atoms. The van der Waals surface area contributed by atoms with E-state index in [1.165, 1.54) is 24.3 Å². The Morgan fingerprint density at radius 1 is 1.25 bits per heavy atom. The Balaban J connectivity index is 1.92. The number of ether oxygens (including phenoxy) is 1. The van der Waals surface area contributed by atoms with E-state index in [0.29, 0.717) is 6.42 Å². The smallest absolute Gasteiger partial charge is 0.338 e. The summed E-state index contributed by atoms with van der Waals surface area (Å²) in [6.07, 6.45) is 2.59. The van der Waals surface area contributed by atoms with Crippen LogP contribution in [0.15, 0.2) is 29.2 Å². The van der Waals surface area contributed by atoms with Gasteiger partial charge in [0.25, 0.3) is 5.91 Å². The maximum Gasteiger partial charge on any atom is 0.338 e. The van der Waals surface area contributed by atoms with Gasteiger partial charge in [-0.2, -0.15) is 0 Å². The number of rotatable bonds is 8. The second kappa shape index (κ2) is 7.76. The van der Waals surface area contributed by atoms with Crippen molar-refractivity contribution in [2.75, 3.05) is 6.61 Å². The van der Waals surface area contributed by atoms with Crippen molar-refractivity contribution in [3.63, 3.8) is 0 Å². The number of hydrogen-bond acceptors (Lipinski definition) is 5. The first-order valence-electron chi connectivity index (χ1n) is 7.90. The minimum Gasteiger partial charge on any atom is -0.452 e. The highest BCUT2D eigenvalue weighted by Gasteiger charge is 2.24. The van der Waals surface area contributed by atoms with Crippen molar-refractivity contribution in [1.82, 2.24) is 10.0 Å². The van der Waals surface area contributed by atoms with E-state index in [1.807, 2.05) is 6.92 Å². The maximum atomic E-state index is 12.1. The number of nitrogens with one attached hydrogen (secondary N) is 2. The third-order valence-electron chi connectivity index (χ3n) is 3.65. The summed E-state index contributed by atoms with van der Waals surface area (Å²) in [6, 6.07) is 5.44. The van der Waals surface area contributed by atoms with Gasteiger partial charge in [0, 0.05) is 12.1 Å². The summed E-state index contributed by atoms with van der Waals surface area (Å²) in [4.78, 5) is 23.4. The van der Waals surface area contributed by atoms with Gasteiger partial charge in [0.1, 0.15) is 0 Å². The zero-order valence-corrected chi connectivity index (χ0v) is 14.6. The molecule has 1 aliphatic rings. The van der Waals surface area contributed by atoms with E-state index in [9.17, 15) is 18.0 Å². The van der Waals surface area contributed by atoms with Crippen molar-refractivity contribution in [2.24, 2.45) is 0 Å². The predicted octanol–water partition coefficient (Wildman–Crippen LogP) is 1.20. The Hall–Kier alpha value is -1.93. The number of sulfonamides is 1. The predicted molar refractivity (Wildman–Crippen MR) is 88.0 cm³/mol. The molecule has 1 aromatic rings. The highest BCUT2D eigenvalue weighted by atomic mass is 32.2. The van der Waals surface area contributed by atoms with Crippen molar-refractivity contribution in [3.05, 3.63) is 29.8 Å². The summed E-state index contributed by atoms with van der Waals surface area (Å²) in [5.74, 6) is -0.998. The number of carbonyl (C=O) groups excluding carboxylic acids is 2. The number of benzene rings is 1. The summed E-state index contributed by atoms with van der Waals surface area (Å²) in [6.45, 7) is 3.31. The standard InChI is InChI=1S/C16H22N2O5S/c1-3-11(2)18-24(21,22)14-8-4-12(5-9-14)16(20)23-10-15(19)17-13-6-7-13/h4-5,8-9,11,13,18H,3,6-7,10H2,1-2H3,(H,17,19)/t11-/m1/s1. The molecule has 1 fully saturated rings. The summed E-state index contributed by atoms with van der Waals surface area (Å²) >= 11 is 0. The molecule has 2 rings (SSSR count). The van der Waals surface area contributed by atoms with Crippen molar-refractivity contribution in [3.8, 4) is 0 Å². The van der Waals surface area contributed by atoms with Crippen LogP contribution < -0.4 is 10.0 Å². The van der Waals surface area contributed by atoms with E-state index in [0.717, 1.165) is 12.8 Å². The van der Waals surface area contributed by atoms with Crippen molar-refractivity contribution in [1.29, 1.82) is 0 Å². The van der Waals surface area contributed by atoms with Gasteiger partial charge in [-0.05, 0) is 50.5 Å². The van der Waals surface area contributed by atoms with E-state index in [2.05, 4.69) is 10.0 Å². The quantitative estimate of drug-likeness (QED) is 0.683. The maximum absolute atomic E-state index is 12.1. The zero-order chi connectivity index (χ0) is 17.7. The topological polar surface area (TPSA) is 102 Å². The van der Waals surface area contributed by atoms with Crippen LogP contribution in [0.5, 0.6) is 0 Å². The number of amides is 1. The molecule has 1 saturated carbocycles. The molecule has 1 aliphatic carbocycles. The molecule has 0 aliphatic heterocycles. The minimum absolute atomic E-state index is 0.0748. The van der Waals surface area contributed by atoms with E-state index in [-0.39, 0.29) is 35.1 Å². The molecule has 132 valence electrons. The molecule has 0 unspecified atom stereocenters. The Bertz CT molecular complexity index is 696. The lowest BCUT2D eigenvalue weighted by Gasteiger charge is -2.12. The van der Waals surface area contributed by atoms with Crippen molar-refractivity contribution in [2.45, 2.75) is 50.1 Å². The van der Waals surface area contributed by atoms with Gasteiger partial charge in [-0.3, -0.25) is 4.79 Å². The second-order valence-electron chi connectivity index (χ2n) is 5.87. The third kappa shape index (κ3) is 5.31. The highest BCUT2D eigenvalue weighted by Crippen LogP contribution is 2.18. The van der Waals surface area contributed by atoms with Crippen molar-refractivity contribution >= 4 is 21.9 Å². The molecule has 0 bridgehead atoms. The first-order valence-corrected chi connectivity index (χ1v) is 9.39. The van der Waals surface area contributed by atoms with Crippen LogP contribution in [0, 0.1) is 0 Å². The second-order valence-corrected chi connectivity index (χ2v) is 7.59. The summed E-state index contributed by atoms with van der Waals surface area (Å²) in [5, 5.41) is 2.71. The van der Waals surface area contributed by atoms with Crippen LogP contribution in [0.2, 0.25) is 0 Å². The van der Waals surface area contributed by atoms with Gasteiger partial charge in [-0.1, -0.05) is 6.92 Å². The van der Waals surface area contributed by atoms with Gasteiger partial charge < -0.3 is 10.1 Å². The Morgan fingerprint density at radius 2 is 1.88 bits per heavy atom. The molecule has 0 spiro atoms. The third-order valence-corrected chi connectivity index (χ3v) is 5.25. The molecule has 0 heterocycles. The lowest BCUT2D eigenvalue weighted by atomic mass is 10.2. The molecule has 7 nitrogen and oxygen atoms in total. The van der Waals surface area contributed by atoms with Gasteiger partial charge in [-0.25, -0.2) is 17.9 Å².